The second kappa shape index (κ2) is 14.1. The van der Waals surface area contributed by atoms with Gasteiger partial charge >= 0.3 is 6.09 Å². The third-order valence-corrected chi connectivity index (χ3v) is 5.77. The number of hydrogen-bond acceptors (Lipinski definition) is 8. The molecule has 0 bridgehead atoms. The van der Waals surface area contributed by atoms with Crippen molar-refractivity contribution in [3.05, 3.63) is 90.0 Å². The summed E-state index contributed by atoms with van der Waals surface area (Å²) in [5.41, 5.74) is 8.21. The highest BCUT2D eigenvalue weighted by atomic mass is 16.6. The summed E-state index contributed by atoms with van der Waals surface area (Å²) >= 11 is 0. The van der Waals surface area contributed by atoms with Gasteiger partial charge in [-0.3, -0.25) is 10.1 Å². The Labute approximate surface area is 226 Å². The van der Waals surface area contributed by atoms with Crippen LogP contribution in [0.5, 0.6) is 11.5 Å². The number of rotatable bonds is 11. The van der Waals surface area contributed by atoms with E-state index in [0.29, 0.717) is 41.0 Å². The molecule has 0 aliphatic rings. The first-order valence-electron chi connectivity index (χ1n) is 12.0. The molecule has 0 heterocycles. The lowest BCUT2D eigenvalue weighted by Crippen LogP contribution is -2.28. The monoisotopic (exact) mass is 530 g/mol. The maximum absolute atomic E-state index is 12.8. The maximum Gasteiger partial charge on any atom is 0.412 e. The first-order valence-corrected chi connectivity index (χ1v) is 12.0. The number of allylic oxidation sites excluding steroid dienone is 1. The zero-order valence-electron chi connectivity index (χ0n) is 21.6. The van der Waals surface area contributed by atoms with Gasteiger partial charge in [-0.05, 0) is 73.0 Å². The molecule has 10 nitrogen and oxygen atoms in total. The Morgan fingerprint density at radius 3 is 2.46 bits per heavy atom. The summed E-state index contributed by atoms with van der Waals surface area (Å²) < 4.78 is 16.5. The van der Waals surface area contributed by atoms with E-state index in [-0.39, 0.29) is 17.4 Å². The number of nitrogens with zero attached hydrogens (tertiary/aromatic N) is 1. The van der Waals surface area contributed by atoms with Gasteiger partial charge in [0.25, 0.3) is 0 Å². The highest BCUT2D eigenvalue weighted by molar-refractivity contribution is 6.01. The number of methoxy groups -OCH3 is 2. The summed E-state index contributed by atoms with van der Waals surface area (Å²) in [6.45, 7) is 0. The minimum absolute atomic E-state index is 0.122. The van der Waals surface area contributed by atoms with Crippen molar-refractivity contribution in [1.82, 2.24) is 0 Å². The first kappa shape index (κ1) is 28.6. The molecule has 0 radical (unpaired) electrons. The number of phenols is 1. The number of anilines is 3. The second-order valence-electron chi connectivity index (χ2n) is 8.40. The number of carbonyl (C=O) groups excluding carboxylic acids is 2. The average molecular weight is 531 g/mol. The molecule has 5 N–H and O–H groups in total. The Kier molecular flexibility index (Phi) is 10.3. The maximum atomic E-state index is 12.8. The van der Waals surface area contributed by atoms with Crippen molar-refractivity contribution in [3.8, 4) is 17.6 Å². The molecule has 3 aromatic rings. The fourth-order valence-corrected chi connectivity index (χ4v) is 3.76. The summed E-state index contributed by atoms with van der Waals surface area (Å²) in [6.07, 6.45) is 1.60. The SMILES string of the molecule is COc1ccc([C@@H](OC(=O)Nc2ccc(C#N)cc2)[C@@H](CC/C=C/C(=O)Nc2ccccc2N)OC)cc1O. The number of para-hydroxylation sites is 2. The molecule has 3 aromatic carbocycles. The standard InChI is InChI=1S/C29H30N4O6/c1-37-25-16-13-20(17-24(25)34)28(39-29(36)32-21-14-11-19(18-30)12-15-21)26(38-2)9-5-6-10-27(35)33-23-8-4-3-7-22(23)31/h3-4,6-8,10-17,26,28,34H,5,9,31H2,1-2H3,(H,32,36)(H,33,35)/b10-6+/t26-,28-/m1/s1. The van der Waals surface area contributed by atoms with E-state index in [1.807, 2.05) is 6.07 Å². The number of ether oxygens (including phenoxy) is 3. The Hall–Kier alpha value is -5.01. The summed E-state index contributed by atoms with van der Waals surface area (Å²) in [7, 11) is 2.91. The van der Waals surface area contributed by atoms with Gasteiger partial charge in [-0.15, -0.1) is 0 Å². The van der Waals surface area contributed by atoms with Crippen LogP contribution in [0.4, 0.5) is 21.9 Å². The van der Waals surface area contributed by atoms with E-state index < -0.39 is 18.3 Å². The van der Waals surface area contributed by atoms with Gasteiger partial charge in [0.15, 0.2) is 17.6 Å². The van der Waals surface area contributed by atoms with E-state index in [1.165, 1.54) is 26.4 Å². The number of benzene rings is 3. The van der Waals surface area contributed by atoms with Crippen molar-refractivity contribution in [3.63, 3.8) is 0 Å². The van der Waals surface area contributed by atoms with Gasteiger partial charge in [-0.1, -0.05) is 24.3 Å². The molecular formula is C29H30N4O6. The minimum atomic E-state index is -0.906. The number of nitrogens with one attached hydrogen (secondary N) is 2. The molecule has 0 aliphatic heterocycles. The molecule has 3 rings (SSSR count). The van der Waals surface area contributed by atoms with Gasteiger partial charge in [0.2, 0.25) is 5.91 Å². The van der Waals surface area contributed by atoms with Crippen molar-refractivity contribution in [2.45, 2.75) is 25.0 Å². The van der Waals surface area contributed by atoms with Crippen LogP contribution in [0.15, 0.2) is 78.9 Å². The van der Waals surface area contributed by atoms with E-state index in [9.17, 15) is 14.7 Å². The normalized spacial score (nSPS) is 12.2. The molecule has 39 heavy (non-hydrogen) atoms. The predicted octanol–water partition coefficient (Wildman–Crippen LogP) is 5.13. The van der Waals surface area contributed by atoms with E-state index in [4.69, 9.17) is 25.2 Å². The van der Waals surface area contributed by atoms with Crippen LogP contribution in [-0.4, -0.2) is 37.4 Å². The molecule has 0 fully saturated rings. The van der Waals surface area contributed by atoms with Crippen molar-refractivity contribution in [2.24, 2.45) is 0 Å². The number of phenolic OH excluding ortho intramolecular Hbond substituents is 1. The van der Waals surface area contributed by atoms with Crippen molar-refractivity contribution >= 4 is 29.1 Å². The molecule has 10 heteroatoms. The van der Waals surface area contributed by atoms with E-state index in [1.54, 1.807) is 66.7 Å². The molecule has 0 saturated heterocycles. The Morgan fingerprint density at radius 2 is 1.82 bits per heavy atom. The van der Waals surface area contributed by atoms with Crippen LogP contribution in [0, 0.1) is 11.3 Å². The van der Waals surface area contributed by atoms with Crippen LogP contribution in [0.1, 0.15) is 30.1 Å². The zero-order chi connectivity index (χ0) is 28.2. The quantitative estimate of drug-likeness (QED) is 0.196. The van der Waals surface area contributed by atoms with Crippen molar-refractivity contribution < 1.29 is 28.9 Å². The van der Waals surface area contributed by atoms with Gasteiger partial charge < -0.3 is 30.4 Å². The van der Waals surface area contributed by atoms with E-state index in [0.717, 1.165) is 0 Å². The van der Waals surface area contributed by atoms with Gasteiger partial charge in [-0.25, -0.2) is 4.79 Å². The second-order valence-corrected chi connectivity index (χ2v) is 8.40. The lowest BCUT2D eigenvalue weighted by atomic mass is 9.99. The summed E-state index contributed by atoms with van der Waals surface area (Å²) in [5, 5.41) is 24.6. The molecule has 2 atom stereocenters. The van der Waals surface area contributed by atoms with Crippen LogP contribution in [0.25, 0.3) is 0 Å². The third-order valence-electron chi connectivity index (χ3n) is 5.77. The largest absolute Gasteiger partial charge is 0.504 e. The molecule has 2 amide bonds. The zero-order valence-corrected chi connectivity index (χ0v) is 21.6. The summed E-state index contributed by atoms with van der Waals surface area (Å²) in [5.74, 6) is -0.194. The lowest BCUT2D eigenvalue weighted by molar-refractivity contribution is -0.111. The Balaban J connectivity index is 1.71. The lowest BCUT2D eigenvalue weighted by Gasteiger charge is -2.26. The number of nitrogens with two attached hydrogens (primary N) is 1. The highest BCUT2D eigenvalue weighted by Gasteiger charge is 2.28. The number of nitriles is 1. The number of carbonyl (C=O) groups is 2. The Morgan fingerprint density at radius 1 is 1.08 bits per heavy atom. The van der Waals surface area contributed by atoms with Crippen LogP contribution >= 0.6 is 0 Å². The van der Waals surface area contributed by atoms with Crippen LogP contribution in [0.3, 0.4) is 0 Å². The van der Waals surface area contributed by atoms with E-state index >= 15 is 0 Å². The number of nitrogen functional groups attached to an aromatic ring is 1. The van der Waals surface area contributed by atoms with Crippen molar-refractivity contribution in [2.75, 3.05) is 30.6 Å². The van der Waals surface area contributed by atoms with Gasteiger partial charge in [0.1, 0.15) is 0 Å². The molecule has 0 saturated carbocycles. The van der Waals surface area contributed by atoms with E-state index in [2.05, 4.69) is 10.6 Å². The van der Waals surface area contributed by atoms with Crippen LogP contribution in [-0.2, 0) is 14.3 Å². The summed E-state index contributed by atoms with van der Waals surface area (Å²) in [6, 6.07) is 19.9. The molecule has 202 valence electrons. The van der Waals surface area contributed by atoms with Gasteiger partial charge in [0, 0.05) is 12.8 Å². The third kappa shape index (κ3) is 8.24. The average Bonchev–Trinajstić information content (AvgIpc) is 2.94. The van der Waals surface area contributed by atoms with Gasteiger partial charge in [0.05, 0.1) is 36.2 Å². The summed E-state index contributed by atoms with van der Waals surface area (Å²) in [4.78, 5) is 25.1. The van der Waals surface area contributed by atoms with Crippen molar-refractivity contribution in [1.29, 1.82) is 5.26 Å². The van der Waals surface area contributed by atoms with Crippen LogP contribution in [0.2, 0.25) is 0 Å². The predicted molar refractivity (Wildman–Crippen MR) is 147 cm³/mol. The Bertz CT molecular complexity index is 1350. The topological polar surface area (TPSA) is 156 Å². The highest BCUT2D eigenvalue weighted by Crippen LogP contribution is 2.34. The molecule has 0 unspecified atom stereocenters. The fourth-order valence-electron chi connectivity index (χ4n) is 3.76. The van der Waals surface area contributed by atoms with Crippen LogP contribution < -0.4 is 21.1 Å². The fraction of sp³-hybridized carbons (Fsp3) is 0.207. The number of aromatic hydroxyl groups is 1. The first-order chi connectivity index (χ1) is 18.8. The smallest absolute Gasteiger partial charge is 0.412 e. The molecule has 0 aromatic heterocycles. The molecular weight excluding hydrogens is 500 g/mol. The molecule has 0 spiro atoms. The molecule has 0 aliphatic carbocycles. The minimum Gasteiger partial charge on any atom is -0.504 e. The van der Waals surface area contributed by atoms with Gasteiger partial charge in [-0.2, -0.15) is 5.26 Å². The number of hydrogen-bond donors (Lipinski definition) is 4. The number of amides is 2.